The van der Waals surface area contributed by atoms with Crippen LogP contribution in [0.1, 0.15) is 17.2 Å². The third kappa shape index (κ3) is 5.83. The van der Waals surface area contributed by atoms with Crippen molar-refractivity contribution in [2.24, 2.45) is 0 Å². The number of carbonyl (C=O) groups excluding carboxylic acids is 1. The largest absolute Gasteiger partial charge is 0.468 e. The van der Waals surface area contributed by atoms with Crippen LogP contribution in [-0.4, -0.2) is 60.3 Å². The van der Waals surface area contributed by atoms with E-state index >= 15 is 0 Å². The number of alkyl halides is 3. The van der Waals surface area contributed by atoms with Gasteiger partial charge in [-0.05, 0) is 18.7 Å². The van der Waals surface area contributed by atoms with Crippen molar-refractivity contribution in [3.05, 3.63) is 59.8 Å². The number of nitrogens with zero attached hydrogens (tertiary/aromatic N) is 3. The molecule has 2 aromatic rings. The molecule has 0 saturated carbocycles. The summed E-state index contributed by atoms with van der Waals surface area (Å²) in [6.07, 6.45) is -3.11. The highest BCUT2D eigenvalue weighted by Crippen LogP contribution is 2.25. The summed E-state index contributed by atoms with van der Waals surface area (Å²) in [4.78, 5) is 20.6. The van der Waals surface area contributed by atoms with Crippen molar-refractivity contribution in [2.75, 3.05) is 33.3 Å². The van der Waals surface area contributed by atoms with E-state index in [4.69, 9.17) is 4.74 Å². The topological polar surface area (TPSA) is 57.7 Å². The Morgan fingerprint density at radius 1 is 1.21 bits per heavy atom. The van der Waals surface area contributed by atoms with Crippen molar-refractivity contribution in [2.45, 2.75) is 18.8 Å². The fraction of sp³-hybridized carbons (Fsp3) is 0.400. The van der Waals surface area contributed by atoms with Crippen LogP contribution in [0.2, 0.25) is 0 Å². The molecule has 1 aromatic heterocycles. The molecule has 9 heteroatoms. The fourth-order valence-electron chi connectivity index (χ4n) is 3.23. The number of benzene rings is 1. The normalized spacial score (nSPS) is 17.8. The van der Waals surface area contributed by atoms with Gasteiger partial charge in [-0.1, -0.05) is 36.4 Å². The van der Waals surface area contributed by atoms with E-state index in [2.05, 4.69) is 15.2 Å². The van der Waals surface area contributed by atoms with E-state index in [0.717, 1.165) is 12.1 Å². The zero-order valence-corrected chi connectivity index (χ0v) is 16.0. The number of ether oxygens (including phenoxy) is 1. The molecular weight excluding hydrogens is 385 g/mol. The number of rotatable bonds is 5. The van der Waals surface area contributed by atoms with Gasteiger partial charge in [0.2, 0.25) is 5.88 Å². The third-order valence-electron chi connectivity index (χ3n) is 4.68. The summed E-state index contributed by atoms with van der Waals surface area (Å²) in [6, 6.07) is 12.5. The Bertz CT molecular complexity index is 817. The molecule has 6 nitrogen and oxygen atoms in total. The lowest BCUT2D eigenvalue weighted by Crippen LogP contribution is -2.52. The molecule has 0 spiro atoms. The predicted molar refractivity (Wildman–Crippen MR) is 101 cm³/mol. The highest BCUT2D eigenvalue weighted by Gasteiger charge is 2.31. The number of carbonyl (C=O) groups is 1. The lowest BCUT2D eigenvalue weighted by atomic mass is 10.0. The number of halogens is 3. The number of likely N-dealkylation sites (N-methyl/N-ethyl adjacent to an activating group) is 1. The molecule has 2 heterocycles. The second-order valence-corrected chi connectivity index (χ2v) is 6.91. The molecule has 156 valence electrons. The first-order chi connectivity index (χ1) is 13.8. The highest BCUT2D eigenvalue weighted by molar-refractivity contribution is 5.75. The molecule has 1 aromatic carbocycles. The molecule has 1 N–H and O–H groups in total. The maximum absolute atomic E-state index is 12.8. The fourth-order valence-corrected chi connectivity index (χ4v) is 3.23. The van der Waals surface area contributed by atoms with Crippen LogP contribution < -0.4 is 10.1 Å². The van der Waals surface area contributed by atoms with Gasteiger partial charge in [0.15, 0.2) is 6.61 Å². The van der Waals surface area contributed by atoms with Gasteiger partial charge in [-0.3, -0.25) is 0 Å². The Labute approximate surface area is 167 Å². The lowest BCUT2D eigenvalue weighted by molar-refractivity contribution is -0.154. The zero-order valence-electron chi connectivity index (χ0n) is 16.0. The summed E-state index contributed by atoms with van der Waals surface area (Å²) >= 11 is 0. The highest BCUT2D eigenvalue weighted by atomic mass is 19.4. The Morgan fingerprint density at radius 3 is 2.69 bits per heavy atom. The van der Waals surface area contributed by atoms with E-state index in [1.54, 1.807) is 17.0 Å². The summed E-state index contributed by atoms with van der Waals surface area (Å²) in [5.41, 5.74) is 1.42. The first kappa shape index (κ1) is 20.9. The molecule has 0 radical (unpaired) electrons. The van der Waals surface area contributed by atoms with E-state index in [-0.39, 0.29) is 24.5 Å². The van der Waals surface area contributed by atoms with Gasteiger partial charge in [0.25, 0.3) is 0 Å². The Kier molecular flexibility index (Phi) is 6.58. The Hall–Kier alpha value is -2.81. The number of hydrogen-bond acceptors (Lipinski definition) is 4. The zero-order chi connectivity index (χ0) is 20.9. The number of urea groups is 1. The maximum Gasteiger partial charge on any atom is 0.422 e. The van der Waals surface area contributed by atoms with Crippen molar-refractivity contribution in [3.63, 3.8) is 0 Å². The molecule has 3 rings (SSSR count). The molecule has 1 fully saturated rings. The number of aromatic nitrogens is 1. The van der Waals surface area contributed by atoms with Gasteiger partial charge in [-0.15, -0.1) is 0 Å². The van der Waals surface area contributed by atoms with Crippen molar-refractivity contribution in [1.29, 1.82) is 0 Å². The molecule has 1 atom stereocenters. The first-order valence-corrected chi connectivity index (χ1v) is 9.25. The average Bonchev–Trinajstić information content (AvgIpc) is 2.71. The van der Waals surface area contributed by atoms with Crippen LogP contribution in [0.15, 0.2) is 48.7 Å². The minimum absolute atomic E-state index is 0.0215. The van der Waals surface area contributed by atoms with E-state index in [9.17, 15) is 18.0 Å². The number of nitrogens with one attached hydrogen (secondary N) is 1. The molecular formula is C20H23F3N4O2. The molecule has 1 aliphatic heterocycles. The monoisotopic (exact) mass is 408 g/mol. The Morgan fingerprint density at radius 2 is 1.97 bits per heavy atom. The Balaban J connectivity index is 1.67. The third-order valence-corrected chi connectivity index (χ3v) is 4.68. The quantitative estimate of drug-likeness (QED) is 0.826. The van der Waals surface area contributed by atoms with Crippen molar-refractivity contribution < 1.29 is 22.7 Å². The van der Waals surface area contributed by atoms with Crippen molar-refractivity contribution in [1.82, 2.24) is 20.1 Å². The van der Waals surface area contributed by atoms with E-state index in [1.165, 1.54) is 6.20 Å². The first-order valence-electron chi connectivity index (χ1n) is 9.25. The minimum atomic E-state index is -4.46. The SMILES string of the molecule is CN1CCN(C(=O)NCc2cccnc2OCC(F)(F)F)C(c2ccccc2)C1. The van der Waals surface area contributed by atoms with Gasteiger partial charge in [-0.25, -0.2) is 9.78 Å². The molecule has 0 aliphatic carbocycles. The van der Waals surface area contributed by atoms with Crippen LogP contribution in [0.25, 0.3) is 0 Å². The van der Waals surface area contributed by atoms with Crippen molar-refractivity contribution >= 4 is 6.03 Å². The molecule has 29 heavy (non-hydrogen) atoms. The lowest BCUT2D eigenvalue weighted by Gasteiger charge is -2.40. The smallest absolute Gasteiger partial charge is 0.422 e. The predicted octanol–water partition coefficient (Wildman–Crippen LogP) is 3.22. The second-order valence-electron chi connectivity index (χ2n) is 6.91. The van der Waals surface area contributed by atoms with E-state index < -0.39 is 12.8 Å². The van der Waals surface area contributed by atoms with Crippen molar-refractivity contribution in [3.8, 4) is 5.88 Å². The van der Waals surface area contributed by atoms with Gasteiger partial charge in [0, 0.05) is 37.9 Å². The number of amides is 2. The minimum Gasteiger partial charge on any atom is -0.468 e. The number of piperazine rings is 1. The molecule has 1 unspecified atom stereocenters. The molecule has 1 aliphatic rings. The van der Waals surface area contributed by atoms with E-state index in [0.29, 0.717) is 18.7 Å². The van der Waals surface area contributed by atoms with E-state index in [1.807, 2.05) is 37.4 Å². The van der Waals surface area contributed by atoms with Crippen LogP contribution in [-0.2, 0) is 6.54 Å². The summed E-state index contributed by atoms with van der Waals surface area (Å²) in [7, 11) is 2.01. The number of hydrogen-bond donors (Lipinski definition) is 1. The van der Waals surface area contributed by atoms with Gasteiger partial charge < -0.3 is 19.9 Å². The van der Waals surface area contributed by atoms with Crippen LogP contribution in [0.5, 0.6) is 5.88 Å². The van der Waals surface area contributed by atoms with Gasteiger partial charge >= 0.3 is 12.2 Å². The second kappa shape index (κ2) is 9.13. The van der Waals surface area contributed by atoms with Gasteiger partial charge in [-0.2, -0.15) is 13.2 Å². The average molecular weight is 408 g/mol. The summed E-state index contributed by atoms with van der Waals surface area (Å²) in [5, 5.41) is 2.79. The van der Waals surface area contributed by atoms with Gasteiger partial charge in [0.05, 0.1) is 6.04 Å². The van der Waals surface area contributed by atoms with Crippen LogP contribution in [0, 0.1) is 0 Å². The molecule has 2 amide bonds. The molecule has 0 bridgehead atoms. The summed E-state index contributed by atoms with van der Waals surface area (Å²) < 4.78 is 42.1. The maximum atomic E-state index is 12.8. The van der Waals surface area contributed by atoms with Crippen LogP contribution in [0.3, 0.4) is 0 Å². The number of pyridine rings is 1. The van der Waals surface area contributed by atoms with Crippen LogP contribution >= 0.6 is 0 Å². The standard InChI is InChI=1S/C20H23F3N4O2/c1-26-10-11-27(17(13-26)15-6-3-2-4-7-15)19(28)25-12-16-8-5-9-24-18(16)29-14-20(21,22)23/h2-9,17H,10-14H2,1H3,(H,25,28). The molecule has 1 saturated heterocycles. The summed E-state index contributed by atoms with van der Waals surface area (Å²) in [5.74, 6) is -0.136. The summed E-state index contributed by atoms with van der Waals surface area (Å²) in [6.45, 7) is 0.577. The van der Waals surface area contributed by atoms with Crippen LogP contribution in [0.4, 0.5) is 18.0 Å². The van der Waals surface area contributed by atoms with Gasteiger partial charge in [0.1, 0.15) is 0 Å².